The molecule has 92 valence electrons. The predicted molar refractivity (Wildman–Crippen MR) is 79.7 cm³/mol. The lowest BCUT2D eigenvalue weighted by atomic mass is 10.2. The highest BCUT2D eigenvalue weighted by Crippen LogP contribution is 2.28. The lowest BCUT2D eigenvalue weighted by Crippen LogP contribution is -1.92. The van der Waals surface area contributed by atoms with Crippen molar-refractivity contribution in [3.8, 4) is 0 Å². The fourth-order valence-electron chi connectivity index (χ4n) is 2.29. The van der Waals surface area contributed by atoms with Crippen molar-refractivity contribution in [1.29, 1.82) is 0 Å². The Labute approximate surface area is 115 Å². The van der Waals surface area contributed by atoms with E-state index in [1.165, 1.54) is 5.69 Å². The third kappa shape index (κ3) is 1.70. The second kappa shape index (κ2) is 4.48. The largest absolute Gasteiger partial charge is 0.302 e. The Hall–Kier alpha value is -1.19. The molecule has 0 amide bonds. The highest BCUT2D eigenvalue weighted by molar-refractivity contribution is 7.97. The smallest absolute Gasteiger partial charge is 0.145 e. The summed E-state index contributed by atoms with van der Waals surface area (Å²) in [6, 6.07) is 8.03. The molecule has 1 aromatic carbocycles. The van der Waals surface area contributed by atoms with Gasteiger partial charge in [0.05, 0.1) is 11.4 Å². The van der Waals surface area contributed by atoms with Gasteiger partial charge in [-0.05, 0) is 25.3 Å². The van der Waals surface area contributed by atoms with E-state index in [2.05, 4.69) is 35.9 Å². The molecule has 18 heavy (non-hydrogen) atoms. The van der Waals surface area contributed by atoms with Crippen LogP contribution >= 0.6 is 23.4 Å². The Morgan fingerprint density at radius 3 is 2.89 bits per heavy atom. The number of imidazole rings is 1. The molecule has 0 saturated carbocycles. The van der Waals surface area contributed by atoms with Crippen molar-refractivity contribution in [2.75, 3.05) is 6.26 Å². The molecule has 2 nitrogen and oxygen atoms in total. The van der Waals surface area contributed by atoms with Gasteiger partial charge in [-0.15, -0.1) is 0 Å². The van der Waals surface area contributed by atoms with Crippen LogP contribution in [0.1, 0.15) is 11.4 Å². The van der Waals surface area contributed by atoms with Gasteiger partial charge in [-0.2, -0.15) is 11.8 Å². The van der Waals surface area contributed by atoms with Crippen molar-refractivity contribution in [2.24, 2.45) is 0 Å². The van der Waals surface area contributed by atoms with Crippen LogP contribution in [0.15, 0.2) is 30.5 Å². The minimum absolute atomic E-state index is 0.780. The standard InChI is InChI=1S/C14H13ClN2S/c1-9-13(8-18-2)17-7-6-10-11(14(17)16-9)4-3-5-12(10)15/h3-7H,8H2,1-2H3. The molecule has 4 heteroatoms. The number of aromatic nitrogens is 2. The molecule has 0 saturated heterocycles. The Bertz CT molecular complexity index is 733. The lowest BCUT2D eigenvalue weighted by Gasteiger charge is -2.04. The van der Waals surface area contributed by atoms with Gasteiger partial charge in [-0.25, -0.2) is 4.98 Å². The number of rotatable bonds is 2. The number of halogens is 1. The van der Waals surface area contributed by atoms with Crippen molar-refractivity contribution in [1.82, 2.24) is 9.38 Å². The molecular weight excluding hydrogens is 264 g/mol. The first-order valence-corrected chi connectivity index (χ1v) is 7.53. The topological polar surface area (TPSA) is 17.3 Å². The third-order valence-corrected chi connectivity index (χ3v) is 4.07. The summed E-state index contributed by atoms with van der Waals surface area (Å²) in [4.78, 5) is 4.69. The van der Waals surface area contributed by atoms with Crippen molar-refractivity contribution >= 4 is 39.8 Å². The summed E-state index contributed by atoms with van der Waals surface area (Å²) in [5, 5.41) is 2.95. The summed E-state index contributed by atoms with van der Waals surface area (Å²) >= 11 is 8.03. The number of aryl methyl sites for hydroxylation is 1. The van der Waals surface area contributed by atoms with Gasteiger partial charge in [0.15, 0.2) is 0 Å². The van der Waals surface area contributed by atoms with E-state index < -0.39 is 0 Å². The van der Waals surface area contributed by atoms with Crippen LogP contribution in [0.2, 0.25) is 5.02 Å². The van der Waals surface area contributed by atoms with Crippen molar-refractivity contribution in [3.63, 3.8) is 0 Å². The maximum atomic E-state index is 6.22. The van der Waals surface area contributed by atoms with Crippen LogP contribution in [0.5, 0.6) is 0 Å². The highest BCUT2D eigenvalue weighted by Gasteiger charge is 2.11. The summed E-state index contributed by atoms with van der Waals surface area (Å²) in [6.07, 6.45) is 4.17. The number of nitrogens with zero attached hydrogens (tertiary/aromatic N) is 2. The summed E-state index contributed by atoms with van der Waals surface area (Å²) < 4.78 is 2.17. The zero-order chi connectivity index (χ0) is 12.7. The van der Waals surface area contributed by atoms with E-state index in [0.717, 1.165) is 32.9 Å². The SMILES string of the molecule is CSCc1c(C)nc2c3cccc(Cl)c3ccn12. The summed E-state index contributed by atoms with van der Waals surface area (Å²) in [6.45, 7) is 2.06. The van der Waals surface area contributed by atoms with Crippen LogP contribution in [0, 0.1) is 6.92 Å². The quantitative estimate of drug-likeness (QED) is 0.694. The first kappa shape index (κ1) is 11.9. The summed E-state index contributed by atoms with van der Waals surface area (Å²) in [5.74, 6) is 0.971. The fourth-order valence-corrected chi connectivity index (χ4v) is 3.15. The molecule has 0 fully saturated rings. The Balaban J connectivity index is 2.42. The van der Waals surface area contributed by atoms with Crippen LogP contribution in [-0.2, 0) is 5.75 Å². The van der Waals surface area contributed by atoms with E-state index in [9.17, 15) is 0 Å². The average molecular weight is 277 g/mol. The monoisotopic (exact) mass is 276 g/mol. The van der Waals surface area contributed by atoms with Gasteiger partial charge in [0.2, 0.25) is 0 Å². The van der Waals surface area contributed by atoms with E-state index in [-0.39, 0.29) is 0 Å². The zero-order valence-corrected chi connectivity index (χ0v) is 11.8. The van der Waals surface area contributed by atoms with Gasteiger partial charge >= 0.3 is 0 Å². The van der Waals surface area contributed by atoms with Crippen molar-refractivity contribution in [2.45, 2.75) is 12.7 Å². The first-order chi connectivity index (χ1) is 8.72. The van der Waals surface area contributed by atoms with Crippen LogP contribution in [0.4, 0.5) is 0 Å². The van der Waals surface area contributed by atoms with E-state index in [4.69, 9.17) is 16.6 Å². The number of fused-ring (bicyclic) bond motifs is 3. The normalized spacial score (nSPS) is 11.5. The number of benzene rings is 1. The van der Waals surface area contributed by atoms with Crippen LogP contribution in [0.3, 0.4) is 0 Å². The van der Waals surface area contributed by atoms with Gasteiger partial charge in [-0.3, -0.25) is 0 Å². The maximum absolute atomic E-state index is 6.22. The molecule has 0 bridgehead atoms. The number of hydrogen-bond acceptors (Lipinski definition) is 2. The minimum Gasteiger partial charge on any atom is -0.302 e. The molecule has 3 aromatic rings. The maximum Gasteiger partial charge on any atom is 0.145 e. The predicted octanol–water partition coefficient (Wildman–Crippen LogP) is 4.31. The average Bonchev–Trinajstić information content (AvgIpc) is 2.68. The molecular formula is C14H13ClN2S. The highest BCUT2D eigenvalue weighted by atomic mass is 35.5. The fraction of sp³-hybridized carbons (Fsp3) is 0.214. The molecule has 0 N–H and O–H groups in total. The second-order valence-electron chi connectivity index (χ2n) is 4.29. The molecule has 0 radical (unpaired) electrons. The minimum atomic E-state index is 0.780. The van der Waals surface area contributed by atoms with E-state index >= 15 is 0 Å². The summed E-state index contributed by atoms with van der Waals surface area (Å²) in [7, 11) is 0. The Kier molecular flexibility index (Phi) is 2.96. The lowest BCUT2D eigenvalue weighted by molar-refractivity contribution is 1.08. The van der Waals surface area contributed by atoms with Crippen molar-refractivity contribution in [3.05, 3.63) is 46.9 Å². The Morgan fingerprint density at radius 1 is 1.28 bits per heavy atom. The van der Waals surface area contributed by atoms with Gasteiger partial charge in [0, 0.05) is 27.7 Å². The van der Waals surface area contributed by atoms with E-state index in [1.54, 1.807) is 0 Å². The van der Waals surface area contributed by atoms with Crippen molar-refractivity contribution < 1.29 is 0 Å². The van der Waals surface area contributed by atoms with Gasteiger partial charge in [0.25, 0.3) is 0 Å². The molecule has 0 spiro atoms. The van der Waals surface area contributed by atoms with Gasteiger partial charge < -0.3 is 4.40 Å². The number of hydrogen-bond donors (Lipinski definition) is 0. The van der Waals surface area contributed by atoms with Crippen LogP contribution < -0.4 is 0 Å². The molecule has 0 aliphatic carbocycles. The zero-order valence-electron chi connectivity index (χ0n) is 10.3. The summed E-state index contributed by atoms with van der Waals surface area (Å²) in [5.41, 5.74) is 3.35. The molecule has 0 aliphatic rings. The van der Waals surface area contributed by atoms with Crippen LogP contribution in [-0.4, -0.2) is 15.6 Å². The van der Waals surface area contributed by atoms with E-state index in [1.807, 2.05) is 23.9 Å². The molecule has 2 aromatic heterocycles. The molecule has 0 aliphatic heterocycles. The molecule has 0 atom stereocenters. The molecule has 3 rings (SSSR count). The van der Waals surface area contributed by atoms with Gasteiger partial charge in [0.1, 0.15) is 5.65 Å². The third-order valence-electron chi connectivity index (χ3n) is 3.18. The first-order valence-electron chi connectivity index (χ1n) is 5.76. The number of thioether (sulfide) groups is 1. The van der Waals surface area contributed by atoms with E-state index in [0.29, 0.717) is 0 Å². The van der Waals surface area contributed by atoms with Crippen LogP contribution in [0.25, 0.3) is 16.4 Å². The Morgan fingerprint density at radius 2 is 2.11 bits per heavy atom. The number of pyridine rings is 1. The van der Waals surface area contributed by atoms with Gasteiger partial charge in [-0.1, -0.05) is 23.7 Å². The molecule has 2 heterocycles. The molecule has 0 unspecified atom stereocenters. The second-order valence-corrected chi connectivity index (χ2v) is 5.56.